The monoisotopic (exact) mass is 448 g/mol. The van der Waals surface area contributed by atoms with E-state index >= 15 is 0 Å². The molecule has 1 atom stereocenters. The predicted octanol–water partition coefficient (Wildman–Crippen LogP) is 5.06. The second-order valence-corrected chi connectivity index (χ2v) is 4.53. The average molecular weight is 447 g/mol. The Morgan fingerprint density at radius 1 is 1.38 bits per heavy atom. The fourth-order valence-corrected chi connectivity index (χ4v) is 2.01. The van der Waals surface area contributed by atoms with E-state index in [1.165, 1.54) is 0 Å². The van der Waals surface area contributed by atoms with Crippen LogP contribution in [0.15, 0.2) is 35.5 Å². The Labute approximate surface area is 166 Å². The van der Waals surface area contributed by atoms with E-state index in [1.54, 1.807) is 0 Å². The van der Waals surface area contributed by atoms with Crippen LogP contribution in [-0.4, -0.2) is 16.9 Å². The summed E-state index contributed by atoms with van der Waals surface area (Å²) in [7, 11) is 0. The Kier molecular flexibility index (Phi) is 11.4. The number of nitrogens with zero attached hydrogens (tertiary/aromatic N) is 1. The summed E-state index contributed by atoms with van der Waals surface area (Å²) in [4.78, 5) is 4.69. The number of ether oxygens (including phenoxy) is 1. The van der Waals surface area contributed by atoms with E-state index in [4.69, 9.17) is 14.8 Å². The molecule has 4 heteroatoms. The number of rotatable bonds is 2. The maximum atomic E-state index is 9.12. The molecule has 1 aliphatic heterocycles. The molecule has 0 aliphatic carbocycles. The van der Waals surface area contributed by atoms with Crippen LogP contribution in [0.5, 0.6) is 0 Å². The van der Waals surface area contributed by atoms with Crippen molar-refractivity contribution in [2.75, 3.05) is 0 Å². The van der Waals surface area contributed by atoms with Gasteiger partial charge in [-0.1, -0.05) is 32.0 Å². The molecule has 1 aromatic carbocycles. The molecule has 124 valence electrons. The first-order valence-electron chi connectivity index (χ1n) is 7.14. The summed E-state index contributed by atoms with van der Waals surface area (Å²) in [5.41, 5.74) is 3.80. The standard InChI is InChI=1S/C15H18NO2.C2H6.Yb/c1-11(10-17)14-5-3-4-6-15(14)16-13-7-8-18-12(2)9-13;1-2;/h3-6,8,10,12,17H,7,9H2,1-2H3;1-2H3;/q-1;;. The molecule has 1 aliphatic rings. The summed E-state index contributed by atoms with van der Waals surface area (Å²) in [5, 5.41) is 9.12. The minimum atomic E-state index is 0. The number of aliphatic hydroxyl groups is 1. The fraction of sp³-hybridized carbons (Fsp3) is 0.412. The number of hydrogen-bond acceptors (Lipinski definition) is 3. The van der Waals surface area contributed by atoms with Gasteiger partial charge in [0.2, 0.25) is 0 Å². The summed E-state index contributed by atoms with van der Waals surface area (Å²) in [6.07, 6.45) is 2.93. The molecule has 3 nitrogen and oxygen atoms in total. The molecule has 21 heavy (non-hydrogen) atoms. The largest absolute Gasteiger partial charge is 0.549 e. The Morgan fingerprint density at radius 3 is 2.67 bits per heavy atom. The van der Waals surface area contributed by atoms with E-state index in [2.05, 4.69) is 0 Å². The number of hydrogen-bond donors (Lipinski definition) is 1. The first kappa shape index (κ1) is 20.9. The molecule has 1 unspecified atom stereocenters. The van der Waals surface area contributed by atoms with E-state index in [9.17, 15) is 0 Å². The van der Waals surface area contributed by atoms with Crippen LogP contribution in [0.2, 0.25) is 0 Å². The van der Waals surface area contributed by atoms with Crippen molar-refractivity contribution in [2.45, 2.75) is 46.6 Å². The minimum Gasteiger partial charge on any atom is -0.549 e. The topological polar surface area (TPSA) is 41.8 Å². The molecule has 0 aromatic heterocycles. The molecule has 0 spiro atoms. The number of benzene rings is 1. The molecule has 0 amide bonds. The Morgan fingerprint density at radius 2 is 2.05 bits per heavy atom. The van der Waals surface area contributed by atoms with Gasteiger partial charge in [0.15, 0.2) is 0 Å². The van der Waals surface area contributed by atoms with Gasteiger partial charge in [-0.2, -0.15) is 0 Å². The fourth-order valence-electron chi connectivity index (χ4n) is 2.01. The van der Waals surface area contributed by atoms with Gasteiger partial charge in [0.1, 0.15) is 0 Å². The number of aliphatic imine (C=N–C) groups is 1. The van der Waals surface area contributed by atoms with Gasteiger partial charge in [-0.15, -0.1) is 6.42 Å². The van der Waals surface area contributed by atoms with E-state index in [0.29, 0.717) is 0 Å². The van der Waals surface area contributed by atoms with E-state index in [0.717, 1.165) is 41.6 Å². The van der Waals surface area contributed by atoms with Gasteiger partial charge < -0.3 is 9.84 Å². The van der Waals surface area contributed by atoms with Crippen LogP contribution in [0.3, 0.4) is 0 Å². The molecular formula is C17H24NO2Yb-. The zero-order chi connectivity index (χ0) is 15.0. The molecule has 0 bridgehead atoms. The second kappa shape index (κ2) is 11.5. The van der Waals surface area contributed by atoms with Crippen molar-refractivity contribution >= 4 is 17.0 Å². The smallest absolute Gasteiger partial charge is 0.0827 e. The summed E-state index contributed by atoms with van der Waals surface area (Å²) in [6, 6.07) is 7.84. The molecule has 1 saturated heterocycles. The second-order valence-electron chi connectivity index (χ2n) is 4.53. The van der Waals surface area contributed by atoms with E-state index in [1.807, 2.05) is 58.6 Å². The third-order valence-electron chi connectivity index (χ3n) is 2.97. The van der Waals surface area contributed by atoms with Crippen molar-refractivity contribution < 1.29 is 56.8 Å². The van der Waals surface area contributed by atoms with Gasteiger partial charge in [0, 0.05) is 65.0 Å². The zero-order valence-electron chi connectivity index (χ0n) is 13.0. The van der Waals surface area contributed by atoms with Crippen molar-refractivity contribution in [1.82, 2.24) is 0 Å². The SMILES string of the molecule is CC.CC(=CO)c1ccccc1N=C1C[CH-]OC(C)C1.[Yb]. The van der Waals surface area contributed by atoms with Crippen LogP contribution in [-0.2, 0) is 4.74 Å². The molecule has 1 fully saturated rings. The number of aliphatic hydroxyl groups excluding tert-OH is 1. The van der Waals surface area contributed by atoms with Gasteiger partial charge in [-0.25, -0.2) is 6.61 Å². The third kappa shape index (κ3) is 6.68. The van der Waals surface area contributed by atoms with Crippen molar-refractivity contribution in [3.63, 3.8) is 0 Å². The van der Waals surface area contributed by atoms with Gasteiger partial charge in [-0.05, 0) is 31.2 Å². The molecular weight excluding hydrogens is 423 g/mol. The maximum Gasteiger partial charge on any atom is 0.0827 e. The summed E-state index contributed by atoms with van der Waals surface area (Å²) >= 11 is 0. The van der Waals surface area contributed by atoms with Gasteiger partial charge >= 0.3 is 0 Å². The van der Waals surface area contributed by atoms with Gasteiger partial charge in [0.25, 0.3) is 0 Å². The van der Waals surface area contributed by atoms with E-state index < -0.39 is 0 Å². The van der Waals surface area contributed by atoms with Crippen LogP contribution in [0.1, 0.15) is 46.1 Å². The van der Waals surface area contributed by atoms with Crippen LogP contribution in [0.4, 0.5) is 5.69 Å². The zero-order valence-corrected chi connectivity index (χ0v) is 14.7. The third-order valence-corrected chi connectivity index (χ3v) is 2.97. The van der Waals surface area contributed by atoms with Gasteiger partial charge in [0.05, 0.1) is 11.9 Å². The summed E-state index contributed by atoms with van der Waals surface area (Å²) in [6.45, 7) is 9.72. The Balaban J connectivity index is 0.00000128. The van der Waals surface area contributed by atoms with Crippen molar-refractivity contribution in [1.29, 1.82) is 0 Å². The summed E-state index contributed by atoms with van der Waals surface area (Å²) in [5.74, 6) is 0. The predicted molar refractivity (Wildman–Crippen MR) is 85.2 cm³/mol. The van der Waals surface area contributed by atoms with E-state index in [-0.39, 0.29) is 53.0 Å². The molecule has 1 aromatic rings. The van der Waals surface area contributed by atoms with Crippen LogP contribution >= 0.6 is 0 Å². The minimum absolute atomic E-state index is 0. The quantitative estimate of drug-likeness (QED) is 0.509. The van der Waals surface area contributed by atoms with Crippen molar-refractivity contribution in [3.8, 4) is 0 Å². The van der Waals surface area contributed by atoms with Crippen LogP contribution in [0.25, 0.3) is 5.57 Å². The molecule has 0 radical (unpaired) electrons. The van der Waals surface area contributed by atoms with Crippen molar-refractivity contribution in [2.24, 2.45) is 4.99 Å². The Bertz CT molecular complexity index is 483. The van der Waals surface area contributed by atoms with Crippen LogP contribution < -0.4 is 0 Å². The van der Waals surface area contributed by atoms with Gasteiger partial charge in [-0.3, -0.25) is 4.99 Å². The molecule has 1 heterocycles. The first-order chi connectivity index (χ1) is 9.70. The first-order valence-corrected chi connectivity index (χ1v) is 7.14. The van der Waals surface area contributed by atoms with Crippen LogP contribution in [0, 0.1) is 53.5 Å². The molecule has 2 rings (SSSR count). The van der Waals surface area contributed by atoms with Crippen molar-refractivity contribution in [3.05, 3.63) is 42.7 Å². The number of para-hydroxylation sites is 1. The number of allylic oxidation sites excluding steroid dienone is 1. The maximum absolute atomic E-state index is 9.12. The average Bonchev–Trinajstić information content (AvgIpc) is 2.49. The summed E-state index contributed by atoms with van der Waals surface area (Å²) < 4.78 is 5.39. The Hall–Kier alpha value is -0.0905. The molecule has 0 saturated carbocycles. The molecule has 1 N–H and O–H groups in total. The normalized spacial score (nSPS) is 20.3.